The molecule has 3 N–H and O–H groups in total. The van der Waals surface area contributed by atoms with Gasteiger partial charge in [0, 0.05) is 11.4 Å². The Bertz CT molecular complexity index is 619. The highest BCUT2D eigenvalue weighted by molar-refractivity contribution is 5.96. The summed E-state index contributed by atoms with van der Waals surface area (Å²) in [5.74, 6) is 0. The number of benzene rings is 1. The zero-order valence-electron chi connectivity index (χ0n) is 12.3. The van der Waals surface area contributed by atoms with Gasteiger partial charge in [0.25, 0.3) is 0 Å². The first-order valence-electron chi connectivity index (χ1n) is 7.45. The maximum atomic E-state index is 6.15. The van der Waals surface area contributed by atoms with E-state index < -0.39 is 0 Å². The van der Waals surface area contributed by atoms with Crippen molar-refractivity contribution >= 4 is 22.3 Å². The molecular weight excluding hydrogens is 246 g/mol. The van der Waals surface area contributed by atoms with Gasteiger partial charge in [0.15, 0.2) is 0 Å². The van der Waals surface area contributed by atoms with Crippen LogP contribution in [-0.4, -0.2) is 11.0 Å². The van der Waals surface area contributed by atoms with E-state index >= 15 is 0 Å². The second-order valence-electron chi connectivity index (χ2n) is 6.71. The molecule has 0 amide bonds. The van der Waals surface area contributed by atoms with Crippen molar-refractivity contribution in [1.82, 2.24) is 4.98 Å². The molecular formula is C17H23N3. The van der Waals surface area contributed by atoms with E-state index in [4.69, 9.17) is 5.73 Å². The second-order valence-corrected chi connectivity index (χ2v) is 6.71. The smallest absolute Gasteiger partial charge is 0.0743 e. The number of nitrogens with one attached hydrogen (secondary N) is 1. The van der Waals surface area contributed by atoms with Gasteiger partial charge in [-0.3, -0.25) is 4.98 Å². The largest absolute Gasteiger partial charge is 0.396 e. The van der Waals surface area contributed by atoms with Gasteiger partial charge in [0.2, 0.25) is 0 Å². The quantitative estimate of drug-likeness (QED) is 0.859. The number of nitrogens with two attached hydrogens (primary N) is 1. The van der Waals surface area contributed by atoms with Crippen molar-refractivity contribution in [3.63, 3.8) is 0 Å². The topological polar surface area (TPSA) is 50.9 Å². The fourth-order valence-electron chi connectivity index (χ4n) is 3.34. The molecule has 0 spiro atoms. The van der Waals surface area contributed by atoms with Crippen LogP contribution in [0.5, 0.6) is 0 Å². The van der Waals surface area contributed by atoms with Crippen molar-refractivity contribution in [3.05, 3.63) is 30.5 Å². The Hall–Kier alpha value is -1.77. The highest BCUT2D eigenvalue weighted by atomic mass is 15.0. The lowest BCUT2D eigenvalue weighted by Gasteiger charge is -2.36. The molecule has 106 valence electrons. The van der Waals surface area contributed by atoms with Crippen LogP contribution in [0.2, 0.25) is 0 Å². The van der Waals surface area contributed by atoms with Crippen molar-refractivity contribution in [1.29, 1.82) is 0 Å². The Morgan fingerprint density at radius 3 is 2.90 bits per heavy atom. The summed E-state index contributed by atoms with van der Waals surface area (Å²) in [6.07, 6.45) is 6.78. The van der Waals surface area contributed by atoms with E-state index in [-0.39, 0.29) is 0 Å². The van der Waals surface area contributed by atoms with Gasteiger partial charge in [-0.15, -0.1) is 0 Å². The molecule has 1 aromatic carbocycles. The van der Waals surface area contributed by atoms with E-state index in [1.165, 1.54) is 25.7 Å². The Kier molecular flexibility index (Phi) is 3.28. The van der Waals surface area contributed by atoms with Crippen LogP contribution < -0.4 is 11.1 Å². The molecule has 3 rings (SSSR count). The summed E-state index contributed by atoms with van der Waals surface area (Å²) in [4.78, 5) is 4.40. The van der Waals surface area contributed by atoms with Gasteiger partial charge in [-0.05, 0) is 30.7 Å². The summed E-state index contributed by atoms with van der Waals surface area (Å²) in [6.45, 7) is 4.71. The molecule has 1 fully saturated rings. The molecule has 1 atom stereocenters. The van der Waals surface area contributed by atoms with Gasteiger partial charge < -0.3 is 11.1 Å². The summed E-state index contributed by atoms with van der Waals surface area (Å²) in [6, 6.07) is 8.69. The molecule has 0 aliphatic heterocycles. The van der Waals surface area contributed by atoms with E-state index in [2.05, 4.69) is 30.2 Å². The minimum atomic E-state index is 0.424. The standard InChI is InChI=1S/C17H23N3/c1-17(2)9-5-6-12(10-17)20-16-13-7-3-4-8-15(13)19-11-14(16)18/h3-4,7-8,11-12H,5-6,9-10,18H2,1-2H3,(H,19,20). The Balaban J connectivity index is 1.92. The number of hydrogen-bond donors (Lipinski definition) is 2. The predicted molar refractivity (Wildman–Crippen MR) is 85.8 cm³/mol. The minimum absolute atomic E-state index is 0.424. The molecule has 0 saturated heterocycles. The predicted octanol–water partition coefficient (Wildman–Crippen LogP) is 4.20. The lowest BCUT2D eigenvalue weighted by Crippen LogP contribution is -2.32. The summed E-state index contributed by atoms with van der Waals surface area (Å²) in [5.41, 5.74) is 9.37. The first-order chi connectivity index (χ1) is 9.55. The minimum Gasteiger partial charge on any atom is -0.396 e. The molecule has 0 radical (unpaired) electrons. The number of aromatic nitrogens is 1. The zero-order chi connectivity index (χ0) is 14.2. The van der Waals surface area contributed by atoms with Crippen LogP contribution in [0.25, 0.3) is 10.9 Å². The Morgan fingerprint density at radius 1 is 1.30 bits per heavy atom. The third-order valence-electron chi connectivity index (χ3n) is 4.36. The maximum Gasteiger partial charge on any atom is 0.0743 e. The monoisotopic (exact) mass is 269 g/mol. The summed E-state index contributed by atoms with van der Waals surface area (Å²) < 4.78 is 0. The fourth-order valence-corrected chi connectivity index (χ4v) is 3.34. The van der Waals surface area contributed by atoms with Crippen molar-refractivity contribution in [2.24, 2.45) is 5.41 Å². The van der Waals surface area contributed by atoms with Gasteiger partial charge in [0.1, 0.15) is 0 Å². The van der Waals surface area contributed by atoms with Gasteiger partial charge in [-0.25, -0.2) is 0 Å². The number of para-hydroxylation sites is 1. The number of nitrogen functional groups attached to an aromatic ring is 1. The van der Waals surface area contributed by atoms with Crippen LogP contribution in [0.3, 0.4) is 0 Å². The van der Waals surface area contributed by atoms with Crippen LogP contribution in [0.1, 0.15) is 39.5 Å². The van der Waals surface area contributed by atoms with E-state index in [0.29, 0.717) is 11.5 Å². The average molecular weight is 269 g/mol. The van der Waals surface area contributed by atoms with Crippen LogP contribution in [0.4, 0.5) is 11.4 Å². The molecule has 1 aliphatic rings. The van der Waals surface area contributed by atoms with Crippen LogP contribution in [0, 0.1) is 5.41 Å². The third-order valence-corrected chi connectivity index (χ3v) is 4.36. The van der Waals surface area contributed by atoms with E-state index in [1.54, 1.807) is 6.20 Å². The molecule has 20 heavy (non-hydrogen) atoms. The molecule has 1 saturated carbocycles. The zero-order valence-corrected chi connectivity index (χ0v) is 12.3. The molecule has 1 aliphatic carbocycles. The fraction of sp³-hybridized carbons (Fsp3) is 0.471. The van der Waals surface area contributed by atoms with E-state index in [1.807, 2.05) is 18.2 Å². The second kappa shape index (κ2) is 4.97. The average Bonchev–Trinajstić information content (AvgIpc) is 2.41. The van der Waals surface area contributed by atoms with Gasteiger partial charge >= 0.3 is 0 Å². The first kappa shape index (κ1) is 13.2. The third kappa shape index (κ3) is 2.58. The number of hydrogen-bond acceptors (Lipinski definition) is 3. The number of anilines is 2. The van der Waals surface area contributed by atoms with Crippen molar-refractivity contribution in [2.75, 3.05) is 11.1 Å². The van der Waals surface area contributed by atoms with Crippen LogP contribution in [0.15, 0.2) is 30.5 Å². The summed E-state index contributed by atoms with van der Waals surface area (Å²) >= 11 is 0. The number of pyridine rings is 1. The molecule has 0 bridgehead atoms. The van der Waals surface area contributed by atoms with Gasteiger partial charge in [0.05, 0.1) is 23.1 Å². The number of nitrogens with zero attached hydrogens (tertiary/aromatic N) is 1. The highest BCUT2D eigenvalue weighted by Crippen LogP contribution is 2.38. The van der Waals surface area contributed by atoms with Crippen LogP contribution >= 0.6 is 0 Å². The molecule has 3 nitrogen and oxygen atoms in total. The lowest BCUT2D eigenvalue weighted by molar-refractivity contribution is 0.229. The van der Waals surface area contributed by atoms with Crippen LogP contribution in [-0.2, 0) is 0 Å². The molecule has 1 unspecified atom stereocenters. The number of fused-ring (bicyclic) bond motifs is 1. The normalized spacial score (nSPS) is 21.8. The van der Waals surface area contributed by atoms with Gasteiger partial charge in [-0.2, -0.15) is 0 Å². The first-order valence-corrected chi connectivity index (χ1v) is 7.45. The SMILES string of the molecule is CC1(C)CCCC(Nc2c(N)cnc3ccccc23)C1. The summed E-state index contributed by atoms with van der Waals surface area (Å²) in [5, 5.41) is 4.80. The van der Waals surface area contributed by atoms with Crippen molar-refractivity contribution in [2.45, 2.75) is 45.6 Å². The summed E-state index contributed by atoms with van der Waals surface area (Å²) in [7, 11) is 0. The molecule has 1 aromatic heterocycles. The molecule has 2 aromatic rings. The highest BCUT2D eigenvalue weighted by Gasteiger charge is 2.28. The Labute approximate surface area is 120 Å². The van der Waals surface area contributed by atoms with Crippen molar-refractivity contribution in [3.8, 4) is 0 Å². The van der Waals surface area contributed by atoms with Gasteiger partial charge in [-0.1, -0.05) is 38.5 Å². The van der Waals surface area contributed by atoms with Crippen molar-refractivity contribution < 1.29 is 0 Å². The molecule has 1 heterocycles. The maximum absolute atomic E-state index is 6.15. The Morgan fingerprint density at radius 2 is 2.10 bits per heavy atom. The van der Waals surface area contributed by atoms with E-state index in [0.717, 1.165) is 22.3 Å². The van der Waals surface area contributed by atoms with E-state index in [9.17, 15) is 0 Å². The number of rotatable bonds is 2. The lowest BCUT2D eigenvalue weighted by atomic mass is 9.75. The molecule has 3 heteroatoms.